The first-order valence-electron chi connectivity index (χ1n) is 14.4. The van der Waals surface area contributed by atoms with Gasteiger partial charge in [0.2, 0.25) is 0 Å². The van der Waals surface area contributed by atoms with Gasteiger partial charge in [-0.2, -0.15) is 0 Å². The highest BCUT2D eigenvalue weighted by molar-refractivity contribution is 6.03. The molecule has 2 aliphatic rings. The van der Waals surface area contributed by atoms with E-state index in [0.29, 0.717) is 22.6 Å². The average Bonchev–Trinajstić information content (AvgIpc) is 3.50. The Bertz CT molecular complexity index is 1070. The first kappa shape index (κ1) is 27.2. The fourth-order valence-electron chi connectivity index (χ4n) is 6.19. The van der Waals surface area contributed by atoms with Crippen LogP contribution in [0.1, 0.15) is 94.9 Å². The molecular formula is C33H42O4. The van der Waals surface area contributed by atoms with Crippen LogP contribution in [0.15, 0.2) is 47.5 Å². The van der Waals surface area contributed by atoms with Crippen LogP contribution >= 0.6 is 0 Å². The third-order valence-corrected chi connectivity index (χ3v) is 7.83. The summed E-state index contributed by atoms with van der Waals surface area (Å²) < 4.78 is 11.8. The van der Waals surface area contributed by atoms with Crippen LogP contribution in [0.3, 0.4) is 0 Å². The van der Waals surface area contributed by atoms with Gasteiger partial charge in [-0.3, -0.25) is 0 Å². The summed E-state index contributed by atoms with van der Waals surface area (Å²) in [5, 5.41) is 0. The maximum Gasteiger partial charge on any atom is 0.340 e. The van der Waals surface area contributed by atoms with Crippen LogP contribution < -0.4 is 9.47 Å². The lowest BCUT2D eigenvalue weighted by atomic mass is 9.91. The van der Waals surface area contributed by atoms with Gasteiger partial charge in [0.1, 0.15) is 11.5 Å². The quantitative estimate of drug-likeness (QED) is 0.220. The molecule has 0 amide bonds. The van der Waals surface area contributed by atoms with E-state index in [0.717, 1.165) is 70.6 Å². The second-order valence-electron chi connectivity index (χ2n) is 10.7. The van der Waals surface area contributed by atoms with Gasteiger partial charge in [0.05, 0.1) is 11.1 Å². The zero-order valence-corrected chi connectivity index (χ0v) is 23.0. The van der Waals surface area contributed by atoms with Gasteiger partial charge >= 0.3 is 11.9 Å². The Labute approximate surface area is 222 Å². The number of aryl methyl sites for hydroxylation is 4. The van der Waals surface area contributed by atoms with Crippen molar-refractivity contribution in [2.45, 2.75) is 98.3 Å². The molecule has 0 N–H and O–H groups in total. The Morgan fingerprint density at radius 3 is 1.38 bits per heavy atom. The lowest BCUT2D eigenvalue weighted by Gasteiger charge is -2.19. The number of hydrogen-bond donors (Lipinski definition) is 0. The van der Waals surface area contributed by atoms with Crippen LogP contribution in [0.25, 0.3) is 0 Å². The molecule has 37 heavy (non-hydrogen) atoms. The van der Waals surface area contributed by atoms with Crippen LogP contribution in [0.4, 0.5) is 0 Å². The number of esters is 2. The molecule has 0 spiro atoms. The van der Waals surface area contributed by atoms with E-state index >= 15 is 0 Å². The molecular weight excluding hydrogens is 460 g/mol. The second-order valence-corrected chi connectivity index (χ2v) is 10.7. The Kier molecular flexibility index (Phi) is 9.23. The van der Waals surface area contributed by atoms with E-state index in [-0.39, 0.29) is 11.8 Å². The molecule has 0 aromatic heterocycles. The van der Waals surface area contributed by atoms with Gasteiger partial charge in [-0.05, 0) is 103 Å². The fraction of sp³-hybridized carbons (Fsp3) is 0.515. The largest absolute Gasteiger partial charge is 0.423 e. The highest BCUT2D eigenvalue weighted by atomic mass is 16.5. The van der Waals surface area contributed by atoms with Crippen LogP contribution in [0, 0.1) is 11.8 Å². The standard InChI is InChI=1S/C33H42O4/c1-5-9-22-15-17-28(20-24(22)11-7-3)36-32(34)30-26-13-14-27(19-26)31(30)33(35)37-29-18-16-23(10-6-2)25(21-29)12-8-4/h15-18,20-21,26-27H,5-14,19H2,1-4H3. The van der Waals surface area contributed by atoms with Crippen molar-refractivity contribution in [1.82, 2.24) is 0 Å². The number of rotatable bonds is 12. The highest BCUT2D eigenvalue weighted by Gasteiger charge is 2.46. The van der Waals surface area contributed by atoms with E-state index in [9.17, 15) is 9.59 Å². The van der Waals surface area contributed by atoms with Crippen molar-refractivity contribution < 1.29 is 19.1 Å². The Morgan fingerprint density at radius 2 is 1.00 bits per heavy atom. The van der Waals surface area contributed by atoms with Gasteiger partial charge in [0, 0.05) is 0 Å². The molecule has 0 heterocycles. The van der Waals surface area contributed by atoms with Gasteiger partial charge in [-0.1, -0.05) is 65.5 Å². The van der Waals surface area contributed by atoms with Crippen molar-refractivity contribution in [1.29, 1.82) is 0 Å². The summed E-state index contributed by atoms with van der Waals surface area (Å²) >= 11 is 0. The van der Waals surface area contributed by atoms with Gasteiger partial charge in [-0.25, -0.2) is 9.59 Å². The Balaban J connectivity index is 1.56. The minimum atomic E-state index is -0.394. The molecule has 4 rings (SSSR count). The van der Waals surface area contributed by atoms with E-state index in [1.807, 2.05) is 24.3 Å². The minimum Gasteiger partial charge on any atom is -0.423 e. The van der Waals surface area contributed by atoms with E-state index in [2.05, 4.69) is 39.8 Å². The first-order valence-corrected chi connectivity index (χ1v) is 14.4. The maximum absolute atomic E-state index is 13.4. The van der Waals surface area contributed by atoms with Crippen molar-refractivity contribution in [3.8, 4) is 11.5 Å². The zero-order chi connectivity index (χ0) is 26.4. The van der Waals surface area contributed by atoms with Crippen LogP contribution in [-0.2, 0) is 35.3 Å². The fourth-order valence-corrected chi connectivity index (χ4v) is 6.19. The first-order chi connectivity index (χ1) is 18.0. The van der Waals surface area contributed by atoms with Crippen molar-refractivity contribution in [3.05, 3.63) is 69.8 Å². The van der Waals surface area contributed by atoms with Crippen molar-refractivity contribution in [3.63, 3.8) is 0 Å². The van der Waals surface area contributed by atoms with E-state index < -0.39 is 11.9 Å². The SMILES string of the molecule is CCCc1ccc(OC(=O)C2=C(C(=O)Oc3ccc(CCC)c(CCC)c3)C3CCC2C3)cc1CCC. The maximum atomic E-state index is 13.4. The van der Waals surface area contributed by atoms with Crippen LogP contribution in [-0.4, -0.2) is 11.9 Å². The molecule has 4 nitrogen and oxygen atoms in total. The van der Waals surface area contributed by atoms with Gasteiger partial charge < -0.3 is 9.47 Å². The predicted molar refractivity (Wildman–Crippen MR) is 148 cm³/mol. The monoisotopic (exact) mass is 502 g/mol. The van der Waals surface area contributed by atoms with Gasteiger partial charge in [0.25, 0.3) is 0 Å². The summed E-state index contributed by atoms with van der Waals surface area (Å²) in [6, 6.07) is 12.0. The summed E-state index contributed by atoms with van der Waals surface area (Å²) in [5.74, 6) is 0.498. The molecule has 2 aliphatic carbocycles. The molecule has 0 aliphatic heterocycles. The second kappa shape index (κ2) is 12.6. The molecule has 2 aromatic rings. The van der Waals surface area contributed by atoms with Crippen LogP contribution in [0.2, 0.25) is 0 Å². The summed E-state index contributed by atoms with van der Waals surface area (Å²) in [6.45, 7) is 8.68. The molecule has 0 saturated heterocycles. The molecule has 1 fully saturated rings. The topological polar surface area (TPSA) is 52.6 Å². The predicted octanol–water partition coefficient (Wildman–Crippen LogP) is 7.73. The summed E-state index contributed by atoms with van der Waals surface area (Å²) in [6.07, 6.45) is 10.9. The average molecular weight is 503 g/mol. The third kappa shape index (κ3) is 6.17. The number of carbonyl (C=O) groups is 2. The minimum absolute atomic E-state index is 0.0807. The van der Waals surface area contributed by atoms with Crippen molar-refractivity contribution >= 4 is 11.9 Å². The molecule has 4 heteroatoms. The van der Waals surface area contributed by atoms with E-state index in [1.54, 1.807) is 0 Å². The lowest BCUT2D eigenvalue weighted by Crippen LogP contribution is -2.24. The zero-order valence-electron chi connectivity index (χ0n) is 23.0. The summed E-state index contributed by atoms with van der Waals surface area (Å²) in [7, 11) is 0. The van der Waals surface area contributed by atoms with E-state index in [4.69, 9.17) is 9.47 Å². The molecule has 0 radical (unpaired) electrons. The number of benzene rings is 2. The van der Waals surface area contributed by atoms with Gasteiger partial charge in [0.15, 0.2) is 0 Å². The van der Waals surface area contributed by atoms with Crippen molar-refractivity contribution in [2.75, 3.05) is 0 Å². The number of fused-ring (bicyclic) bond motifs is 2. The van der Waals surface area contributed by atoms with Crippen molar-refractivity contribution in [2.24, 2.45) is 11.8 Å². The molecule has 1 saturated carbocycles. The smallest absolute Gasteiger partial charge is 0.340 e. The van der Waals surface area contributed by atoms with Gasteiger partial charge in [-0.15, -0.1) is 0 Å². The normalized spacial score (nSPS) is 18.4. The third-order valence-electron chi connectivity index (χ3n) is 7.83. The lowest BCUT2D eigenvalue weighted by molar-refractivity contribution is -0.133. The molecule has 198 valence electrons. The number of carbonyl (C=O) groups excluding carboxylic acids is 2. The molecule has 2 unspecified atom stereocenters. The molecule has 2 atom stereocenters. The highest BCUT2D eigenvalue weighted by Crippen LogP contribution is 2.49. The number of hydrogen-bond acceptors (Lipinski definition) is 4. The Hall–Kier alpha value is -2.88. The Morgan fingerprint density at radius 1 is 0.622 bits per heavy atom. The summed E-state index contributed by atoms with van der Waals surface area (Å²) in [5.41, 5.74) is 6.19. The van der Waals surface area contributed by atoms with E-state index in [1.165, 1.54) is 22.3 Å². The molecule has 2 bridgehead atoms. The summed E-state index contributed by atoms with van der Waals surface area (Å²) in [4.78, 5) is 26.8. The van der Waals surface area contributed by atoms with Crippen LogP contribution in [0.5, 0.6) is 11.5 Å². The number of ether oxygens (including phenoxy) is 2. The molecule has 2 aromatic carbocycles.